The monoisotopic (exact) mass is 133 g/mol. The van der Waals surface area contributed by atoms with Gasteiger partial charge in [0.15, 0.2) is 0 Å². The Morgan fingerprint density at radius 2 is 2.25 bits per heavy atom. The fraction of sp³-hybridized carbons (Fsp3) is 1.00. The van der Waals surface area contributed by atoms with Crippen molar-refractivity contribution in [3.63, 3.8) is 0 Å². The maximum Gasteiger partial charge on any atom is -0.00259 e. The Morgan fingerprint density at radius 1 is 1.62 bits per heavy atom. The highest BCUT2D eigenvalue weighted by Gasteiger charge is 1.95. The highest BCUT2D eigenvalue weighted by atomic mass is 32.1. The van der Waals surface area contributed by atoms with Crippen molar-refractivity contribution < 1.29 is 0 Å². The van der Waals surface area contributed by atoms with E-state index in [9.17, 15) is 0 Å². The van der Waals surface area contributed by atoms with E-state index >= 15 is 0 Å². The lowest BCUT2D eigenvalue weighted by atomic mass is 10.1. The Balaban J connectivity index is 2.92. The SMILES string of the molecule is CNCC(C)CCS. The molecule has 0 aliphatic rings. The summed E-state index contributed by atoms with van der Waals surface area (Å²) in [6.45, 7) is 3.34. The first-order chi connectivity index (χ1) is 3.81. The number of nitrogens with one attached hydrogen (secondary N) is 1. The van der Waals surface area contributed by atoms with E-state index in [0.29, 0.717) is 0 Å². The highest BCUT2D eigenvalue weighted by molar-refractivity contribution is 7.80. The van der Waals surface area contributed by atoms with Crippen LogP contribution in [0.2, 0.25) is 0 Å². The van der Waals surface area contributed by atoms with Crippen LogP contribution in [0.5, 0.6) is 0 Å². The molecule has 50 valence electrons. The van der Waals surface area contributed by atoms with Gasteiger partial charge in [0, 0.05) is 0 Å². The zero-order valence-corrected chi connectivity index (χ0v) is 6.54. The van der Waals surface area contributed by atoms with E-state index in [4.69, 9.17) is 0 Å². The van der Waals surface area contributed by atoms with Crippen molar-refractivity contribution in [3.05, 3.63) is 0 Å². The second kappa shape index (κ2) is 5.45. The van der Waals surface area contributed by atoms with Gasteiger partial charge >= 0.3 is 0 Å². The average Bonchev–Trinajstić information content (AvgIpc) is 1.68. The van der Waals surface area contributed by atoms with Crippen LogP contribution in [0, 0.1) is 5.92 Å². The molecule has 0 aromatic carbocycles. The Kier molecular flexibility index (Phi) is 5.66. The molecule has 0 rings (SSSR count). The maximum absolute atomic E-state index is 4.12. The first kappa shape index (κ1) is 8.31. The van der Waals surface area contributed by atoms with Gasteiger partial charge in [0.25, 0.3) is 0 Å². The van der Waals surface area contributed by atoms with Crippen molar-refractivity contribution >= 4 is 12.6 Å². The van der Waals surface area contributed by atoms with Crippen molar-refractivity contribution in [2.24, 2.45) is 5.92 Å². The van der Waals surface area contributed by atoms with Crippen LogP contribution in [-0.4, -0.2) is 19.3 Å². The van der Waals surface area contributed by atoms with Crippen LogP contribution in [0.4, 0.5) is 0 Å². The Hall–Kier alpha value is 0.310. The van der Waals surface area contributed by atoms with Gasteiger partial charge in [0.1, 0.15) is 0 Å². The van der Waals surface area contributed by atoms with Gasteiger partial charge < -0.3 is 5.32 Å². The van der Waals surface area contributed by atoms with Gasteiger partial charge in [-0.25, -0.2) is 0 Å². The third-order valence-corrected chi connectivity index (χ3v) is 1.43. The molecule has 0 spiro atoms. The topological polar surface area (TPSA) is 12.0 Å². The van der Waals surface area contributed by atoms with Crippen LogP contribution < -0.4 is 5.32 Å². The van der Waals surface area contributed by atoms with Gasteiger partial charge in [-0.2, -0.15) is 12.6 Å². The van der Waals surface area contributed by atoms with Gasteiger partial charge in [-0.3, -0.25) is 0 Å². The quantitative estimate of drug-likeness (QED) is 0.548. The predicted molar refractivity (Wildman–Crippen MR) is 41.6 cm³/mol. The first-order valence-electron chi connectivity index (χ1n) is 3.06. The fourth-order valence-corrected chi connectivity index (χ4v) is 1.11. The molecule has 0 saturated heterocycles. The molecule has 0 radical (unpaired) electrons. The molecule has 1 nitrogen and oxygen atoms in total. The van der Waals surface area contributed by atoms with Crippen molar-refractivity contribution in [2.75, 3.05) is 19.3 Å². The second-order valence-corrected chi connectivity index (χ2v) is 2.62. The van der Waals surface area contributed by atoms with Gasteiger partial charge in [-0.15, -0.1) is 0 Å². The highest BCUT2D eigenvalue weighted by Crippen LogP contribution is 1.99. The van der Waals surface area contributed by atoms with E-state index in [2.05, 4.69) is 24.9 Å². The fourth-order valence-electron chi connectivity index (χ4n) is 0.671. The van der Waals surface area contributed by atoms with Crippen LogP contribution in [0.3, 0.4) is 0 Å². The molecular formula is C6H15NS. The van der Waals surface area contributed by atoms with Gasteiger partial charge in [0.05, 0.1) is 0 Å². The summed E-state index contributed by atoms with van der Waals surface area (Å²) < 4.78 is 0. The Morgan fingerprint density at radius 3 is 2.62 bits per heavy atom. The van der Waals surface area contributed by atoms with E-state index in [-0.39, 0.29) is 0 Å². The van der Waals surface area contributed by atoms with Crippen molar-refractivity contribution in [3.8, 4) is 0 Å². The van der Waals surface area contributed by atoms with Crippen LogP contribution >= 0.6 is 12.6 Å². The molecule has 1 atom stereocenters. The molecule has 8 heavy (non-hydrogen) atoms. The van der Waals surface area contributed by atoms with E-state index in [0.717, 1.165) is 18.2 Å². The van der Waals surface area contributed by atoms with Crippen molar-refractivity contribution in [2.45, 2.75) is 13.3 Å². The number of rotatable bonds is 4. The summed E-state index contributed by atoms with van der Waals surface area (Å²) in [6, 6.07) is 0. The van der Waals surface area contributed by atoms with Crippen LogP contribution in [-0.2, 0) is 0 Å². The summed E-state index contributed by atoms with van der Waals surface area (Å²) in [5, 5.41) is 3.12. The summed E-state index contributed by atoms with van der Waals surface area (Å²) in [7, 11) is 1.98. The minimum atomic E-state index is 0.775. The largest absolute Gasteiger partial charge is 0.319 e. The third-order valence-electron chi connectivity index (χ3n) is 1.17. The number of hydrogen-bond acceptors (Lipinski definition) is 2. The van der Waals surface area contributed by atoms with Crippen LogP contribution in [0.15, 0.2) is 0 Å². The molecule has 0 fully saturated rings. The molecule has 0 aliphatic heterocycles. The maximum atomic E-state index is 4.12. The second-order valence-electron chi connectivity index (χ2n) is 2.18. The van der Waals surface area contributed by atoms with Gasteiger partial charge in [-0.05, 0) is 31.7 Å². The van der Waals surface area contributed by atoms with Crippen molar-refractivity contribution in [1.29, 1.82) is 0 Å². The number of hydrogen-bond donors (Lipinski definition) is 2. The predicted octanol–water partition coefficient (Wildman–Crippen LogP) is 1.16. The lowest BCUT2D eigenvalue weighted by Crippen LogP contribution is -2.16. The Bertz CT molecular complexity index is 41.8. The van der Waals surface area contributed by atoms with E-state index in [1.54, 1.807) is 0 Å². The standard InChI is InChI=1S/C6H15NS/c1-6(3-4-8)5-7-2/h6-8H,3-5H2,1-2H3. The molecule has 0 aliphatic carbocycles. The zero-order chi connectivity index (χ0) is 6.41. The van der Waals surface area contributed by atoms with Gasteiger partial charge in [0.2, 0.25) is 0 Å². The van der Waals surface area contributed by atoms with Crippen LogP contribution in [0.1, 0.15) is 13.3 Å². The summed E-state index contributed by atoms with van der Waals surface area (Å²) in [5.41, 5.74) is 0. The average molecular weight is 133 g/mol. The lowest BCUT2D eigenvalue weighted by molar-refractivity contribution is 0.532. The molecule has 0 amide bonds. The molecule has 2 heteroatoms. The lowest BCUT2D eigenvalue weighted by Gasteiger charge is -2.06. The van der Waals surface area contributed by atoms with E-state index in [1.165, 1.54) is 6.42 Å². The van der Waals surface area contributed by atoms with E-state index < -0.39 is 0 Å². The molecule has 0 aromatic rings. The van der Waals surface area contributed by atoms with Gasteiger partial charge in [-0.1, -0.05) is 6.92 Å². The molecule has 0 aromatic heterocycles. The summed E-state index contributed by atoms with van der Waals surface area (Å²) in [5.74, 6) is 1.78. The smallest absolute Gasteiger partial charge is 0.00259 e. The molecule has 1 unspecified atom stereocenters. The molecule has 1 N–H and O–H groups in total. The number of thiol groups is 1. The first-order valence-corrected chi connectivity index (χ1v) is 3.70. The molecule has 0 saturated carbocycles. The zero-order valence-electron chi connectivity index (χ0n) is 5.65. The third kappa shape index (κ3) is 4.47. The molecule has 0 heterocycles. The molecular weight excluding hydrogens is 118 g/mol. The normalized spacial score (nSPS) is 13.9. The van der Waals surface area contributed by atoms with Crippen LogP contribution in [0.25, 0.3) is 0 Å². The summed E-state index contributed by atoms with van der Waals surface area (Å²) in [6.07, 6.45) is 1.21. The van der Waals surface area contributed by atoms with Crippen molar-refractivity contribution in [1.82, 2.24) is 5.32 Å². The minimum Gasteiger partial charge on any atom is -0.319 e. The minimum absolute atomic E-state index is 0.775. The molecule has 0 bridgehead atoms. The summed E-state index contributed by atoms with van der Waals surface area (Å²) >= 11 is 4.12. The Labute approximate surface area is 57.3 Å². The van der Waals surface area contributed by atoms with E-state index in [1.807, 2.05) is 7.05 Å². The summed E-state index contributed by atoms with van der Waals surface area (Å²) in [4.78, 5) is 0.